The fourth-order valence-electron chi connectivity index (χ4n) is 1.80. The van der Waals surface area contributed by atoms with Gasteiger partial charge in [0.25, 0.3) is 0 Å². The van der Waals surface area contributed by atoms with Gasteiger partial charge in [-0.25, -0.2) is 9.97 Å². The largest absolute Gasteiger partial charge is 0.395 e. The molecule has 0 aliphatic rings. The van der Waals surface area contributed by atoms with Crippen molar-refractivity contribution in [3.8, 4) is 0 Å². The second-order valence-corrected chi connectivity index (χ2v) is 4.22. The second-order valence-electron chi connectivity index (χ2n) is 4.22. The number of rotatable bonds is 6. The summed E-state index contributed by atoms with van der Waals surface area (Å²) in [5.41, 5.74) is 7.82. The monoisotopic (exact) mass is 267 g/mol. The molecule has 2 aromatic rings. The summed E-state index contributed by atoms with van der Waals surface area (Å²) in [5.74, 6) is 0.183. The lowest BCUT2D eigenvalue weighted by molar-refractivity contribution is 0.0411. The highest BCUT2D eigenvalue weighted by Gasteiger charge is 2.17. The number of nitrogens with two attached hydrogens (primary N) is 1. The summed E-state index contributed by atoms with van der Waals surface area (Å²) < 4.78 is 0. The first-order chi connectivity index (χ1) is 9.15. The van der Waals surface area contributed by atoms with Gasteiger partial charge in [-0.3, -0.25) is 0 Å². The fourth-order valence-corrected chi connectivity index (χ4v) is 1.80. The zero-order valence-electron chi connectivity index (χ0n) is 10.2. The average Bonchev–Trinajstić information content (AvgIpc) is 2.81. The molecule has 0 aliphatic heterocycles. The molecule has 0 aromatic carbocycles. The molecule has 0 bridgehead atoms. The van der Waals surface area contributed by atoms with Crippen LogP contribution in [0.4, 0.5) is 5.95 Å². The predicted molar refractivity (Wildman–Crippen MR) is 69.1 cm³/mol. The van der Waals surface area contributed by atoms with Crippen molar-refractivity contribution in [2.45, 2.75) is 18.7 Å². The van der Waals surface area contributed by atoms with Crippen LogP contribution in [0.1, 0.15) is 5.56 Å². The van der Waals surface area contributed by atoms with E-state index in [1.807, 2.05) is 0 Å². The fraction of sp³-hybridized carbons (Fsp3) is 0.455. The van der Waals surface area contributed by atoms with Gasteiger partial charge in [0.05, 0.1) is 42.6 Å². The minimum absolute atomic E-state index is 0.183. The Labute approximate surface area is 109 Å². The predicted octanol–water partition coefficient (Wildman–Crippen LogP) is -1.66. The second kappa shape index (κ2) is 5.93. The number of H-pyrrole nitrogens is 1. The van der Waals surface area contributed by atoms with Gasteiger partial charge in [0.2, 0.25) is 5.95 Å². The molecule has 0 fully saturated rings. The first kappa shape index (κ1) is 13.7. The Balaban J connectivity index is 2.11. The number of anilines is 1. The molecule has 2 atom stereocenters. The molecular weight excluding hydrogens is 250 g/mol. The molecule has 0 spiro atoms. The van der Waals surface area contributed by atoms with Crippen LogP contribution in [0.15, 0.2) is 12.4 Å². The van der Waals surface area contributed by atoms with E-state index in [1.165, 1.54) is 0 Å². The van der Waals surface area contributed by atoms with E-state index in [4.69, 9.17) is 15.9 Å². The van der Waals surface area contributed by atoms with Gasteiger partial charge in [0, 0.05) is 18.3 Å². The summed E-state index contributed by atoms with van der Waals surface area (Å²) in [7, 11) is 0. The smallest absolute Gasteiger partial charge is 0.220 e. The quantitative estimate of drug-likeness (QED) is 0.368. The van der Waals surface area contributed by atoms with Gasteiger partial charge in [-0.15, -0.1) is 0 Å². The van der Waals surface area contributed by atoms with Crippen LogP contribution in [0.5, 0.6) is 0 Å². The topological polar surface area (TPSA) is 140 Å². The van der Waals surface area contributed by atoms with Crippen LogP contribution >= 0.6 is 0 Å². The molecule has 0 saturated heterocycles. The molecule has 104 valence electrons. The van der Waals surface area contributed by atoms with E-state index in [0.717, 1.165) is 11.1 Å². The van der Waals surface area contributed by atoms with Crippen molar-refractivity contribution >= 4 is 17.0 Å². The summed E-state index contributed by atoms with van der Waals surface area (Å²) in [6.07, 6.45) is 2.33. The molecule has 7 N–H and O–H groups in total. The Morgan fingerprint density at radius 2 is 2.16 bits per heavy atom. The van der Waals surface area contributed by atoms with E-state index in [-0.39, 0.29) is 12.6 Å². The number of aliphatic hydroxyl groups excluding tert-OH is 3. The van der Waals surface area contributed by atoms with Crippen molar-refractivity contribution < 1.29 is 15.3 Å². The van der Waals surface area contributed by atoms with Crippen LogP contribution in [0.2, 0.25) is 0 Å². The molecule has 0 aliphatic carbocycles. The number of fused-ring (bicyclic) bond motifs is 1. The Bertz CT molecular complexity index is 544. The highest BCUT2D eigenvalue weighted by atomic mass is 16.3. The Morgan fingerprint density at radius 1 is 1.37 bits per heavy atom. The zero-order valence-corrected chi connectivity index (χ0v) is 10.2. The molecule has 8 heteroatoms. The molecular formula is C11H17N5O3. The van der Waals surface area contributed by atoms with Crippen molar-refractivity contribution in [2.75, 3.05) is 18.9 Å². The Morgan fingerprint density at radius 3 is 2.84 bits per heavy atom. The molecule has 8 nitrogen and oxygen atoms in total. The number of nitrogen functional groups attached to an aromatic ring is 1. The van der Waals surface area contributed by atoms with Gasteiger partial charge < -0.3 is 31.4 Å². The minimum Gasteiger partial charge on any atom is -0.395 e. The van der Waals surface area contributed by atoms with Crippen molar-refractivity contribution in [2.24, 2.45) is 0 Å². The highest BCUT2D eigenvalue weighted by molar-refractivity contribution is 5.78. The van der Waals surface area contributed by atoms with Crippen LogP contribution in [-0.2, 0) is 6.54 Å². The van der Waals surface area contributed by atoms with E-state index in [1.54, 1.807) is 12.4 Å². The SMILES string of the molecule is Nc1ncc2[nH]cc(CN[C@H](CO)[C@@H](O)CO)c2n1. The van der Waals surface area contributed by atoms with Crippen molar-refractivity contribution in [1.29, 1.82) is 0 Å². The van der Waals surface area contributed by atoms with E-state index in [0.29, 0.717) is 12.1 Å². The van der Waals surface area contributed by atoms with Crippen molar-refractivity contribution in [1.82, 2.24) is 20.3 Å². The zero-order chi connectivity index (χ0) is 13.8. The van der Waals surface area contributed by atoms with Crippen LogP contribution in [0.25, 0.3) is 11.0 Å². The summed E-state index contributed by atoms with van der Waals surface area (Å²) in [5, 5.41) is 30.4. The van der Waals surface area contributed by atoms with Gasteiger partial charge in [0.15, 0.2) is 0 Å². The molecule has 0 radical (unpaired) electrons. The lowest BCUT2D eigenvalue weighted by atomic mass is 10.1. The number of hydrogen-bond acceptors (Lipinski definition) is 7. The van der Waals surface area contributed by atoms with E-state index in [9.17, 15) is 5.11 Å². The third-order valence-corrected chi connectivity index (χ3v) is 2.92. The molecule has 2 aromatic heterocycles. The van der Waals surface area contributed by atoms with Gasteiger partial charge >= 0.3 is 0 Å². The van der Waals surface area contributed by atoms with Crippen LogP contribution in [0.3, 0.4) is 0 Å². The summed E-state index contributed by atoms with van der Waals surface area (Å²) >= 11 is 0. The number of aliphatic hydroxyl groups is 3. The van der Waals surface area contributed by atoms with Crippen LogP contribution in [0, 0.1) is 0 Å². The molecule has 0 amide bonds. The maximum Gasteiger partial charge on any atom is 0.220 e. The van der Waals surface area contributed by atoms with E-state index >= 15 is 0 Å². The number of nitrogens with zero attached hydrogens (tertiary/aromatic N) is 2. The van der Waals surface area contributed by atoms with Gasteiger partial charge in [0.1, 0.15) is 0 Å². The number of nitrogens with one attached hydrogen (secondary N) is 2. The molecule has 2 rings (SSSR count). The van der Waals surface area contributed by atoms with E-state index in [2.05, 4.69) is 20.3 Å². The Hall–Kier alpha value is -1.74. The minimum atomic E-state index is -1.02. The van der Waals surface area contributed by atoms with Gasteiger partial charge in [-0.05, 0) is 0 Å². The molecule has 0 saturated carbocycles. The number of hydrogen-bond donors (Lipinski definition) is 6. The normalized spacial score (nSPS) is 14.7. The maximum atomic E-state index is 9.48. The van der Waals surface area contributed by atoms with E-state index < -0.39 is 18.8 Å². The average molecular weight is 267 g/mol. The molecule has 2 heterocycles. The maximum absolute atomic E-state index is 9.48. The molecule has 19 heavy (non-hydrogen) atoms. The third kappa shape index (κ3) is 2.99. The number of aromatic amines is 1. The standard InChI is InChI=1S/C11H17N5O3/c12-11-15-3-7-10(16-11)6(1-13-7)2-14-8(4-17)9(19)5-18/h1,3,8-9,13-14,17-19H,2,4-5H2,(H2,12,15,16)/t8-,9+/m1/s1. The molecule has 0 unspecified atom stereocenters. The van der Waals surface area contributed by atoms with Gasteiger partial charge in [-0.2, -0.15) is 0 Å². The van der Waals surface area contributed by atoms with Gasteiger partial charge in [-0.1, -0.05) is 0 Å². The third-order valence-electron chi connectivity index (χ3n) is 2.92. The number of aromatic nitrogens is 3. The Kier molecular flexibility index (Phi) is 4.27. The van der Waals surface area contributed by atoms with Crippen LogP contribution in [-0.4, -0.2) is 55.6 Å². The highest BCUT2D eigenvalue weighted by Crippen LogP contribution is 2.15. The lowest BCUT2D eigenvalue weighted by Gasteiger charge is -2.20. The lowest BCUT2D eigenvalue weighted by Crippen LogP contribution is -2.44. The summed E-state index contributed by atoms with van der Waals surface area (Å²) in [4.78, 5) is 11.0. The van der Waals surface area contributed by atoms with Crippen molar-refractivity contribution in [3.63, 3.8) is 0 Å². The van der Waals surface area contributed by atoms with Crippen molar-refractivity contribution in [3.05, 3.63) is 18.0 Å². The first-order valence-electron chi connectivity index (χ1n) is 5.87. The first-order valence-corrected chi connectivity index (χ1v) is 5.87. The van der Waals surface area contributed by atoms with Crippen LogP contribution < -0.4 is 11.1 Å². The summed E-state index contributed by atoms with van der Waals surface area (Å²) in [6.45, 7) is -0.318. The summed E-state index contributed by atoms with van der Waals surface area (Å²) in [6, 6.07) is -0.603.